The standard InChI is InChI=1S/C17H22FN3/c1-4-6-16-20-15(11-17(21-16)19-9-5-2)14-10-13(18)8-7-12(14)3/h7-8,10-11H,4-6,9H2,1-3H3,(H,19,20,21). The van der Waals surface area contributed by atoms with Gasteiger partial charge in [-0.1, -0.05) is 19.9 Å². The average molecular weight is 287 g/mol. The van der Waals surface area contributed by atoms with Gasteiger partial charge >= 0.3 is 0 Å². The first kappa shape index (κ1) is 15.4. The Morgan fingerprint density at radius 3 is 2.62 bits per heavy atom. The van der Waals surface area contributed by atoms with Crippen LogP contribution in [0.3, 0.4) is 0 Å². The number of benzene rings is 1. The molecular formula is C17H22FN3. The minimum Gasteiger partial charge on any atom is -0.370 e. The molecule has 1 aromatic heterocycles. The summed E-state index contributed by atoms with van der Waals surface area (Å²) in [5.74, 6) is 1.38. The van der Waals surface area contributed by atoms with Crippen molar-refractivity contribution in [2.75, 3.05) is 11.9 Å². The summed E-state index contributed by atoms with van der Waals surface area (Å²) < 4.78 is 13.5. The Labute approximate surface area is 125 Å². The third-order valence-corrected chi connectivity index (χ3v) is 3.28. The lowest BCUT2D eigenvalue weighted by atomic mass is 10.1. The van der Waals surface area contributed by atoms with E-state index in [2.05, 4.69) is 29.1 Å². The molecule has 0 aliphatic rings. The Hall–Kier alpha value is -1.97. The van der Waals surface area contributed by atoms with Crippen molar-refractivity contribution in [2.24, 2.45) is 0 Å². The molecule has 21 heavy (non-hydrogen) atoms. The molecule has 1 heterocycles. The molecule has 0 spiro atoms. The van der Waals surface area contributed by atoms with Crippen molar-refractivity contribution in [3.05, 3.63) is 41.5 Å². The molecule has 0 aliphatic carbocycles. The number of anilines is 1. The van der Waals surface area contributed by atoms with Gasteiger partial charge in [0.25, 0.3) is 0 Å². The first-order valence-corrected chi connectivity index (χ1v) is 7.52. The third kappa shape index (κ3) is 4.00. The molecule has 112 valence electrons. The molecule has 0 atom stereocenters. The van der Waals surface area contributed by atoms with Crippen molar-refractivity contribution in [1.82, 2.24) is 9.97 Å². The lowest BCUT2D eigenvalue weighted by molar-refractivity contribution is 0.628. The number of halogens is 1. The van der Waals surface area contributed by atoms with Crippen LogP contribution in [0.2, 0.25) is 0 Å². The van der Waals surface area contributed by atoms with Crippen molar-refractivity contribution in [3.8, 4) is 11.3 Å². The molecule has 0 saturated carbocycles. The van der Waals surface area contributed by atoms with E-state index in [0.29, 0.717) is 0 Å². The van der Waals surface area contributed by atoms with E-state index >= 15 is 0 Å². The van der Waals surface area contributed by atoms with Gasteiger partial charge < -0.3 is 5.32 Å². The number of hydrogen-bond donors (Lipinski definition) is 1. The molecule has 3 nitrogen and oxygen atoms in total. The summed E-state index contributed by atoms with van der Waals surface area (Å²) in [6.45, 7) is 7.04. The van der Waals surface area contributed by atoms with E-state index in [1.807, 2.05) is 13.0 Å². The maximum atomic E-state index is 13.5. The van der Waals surface area contributed by atoms with E-state index in [0.717, 1.165) is 54.3 Å². The molecule has 0 saturated heterocycles. The van der Waals surface area contributed by atoms with Gasteiger partial charge in [-0.15, -0.1) is 0 Å². The minimum absolute atomic E-state index is 0.241. The maximum Gasteiger partial charge on any atom is 0.131 e. The van der Waals surface area contributed by atoms with Crippen LogP contribution in [0, 0.1) is 12.7 Å². The van der Waals surface area contributed by atoms with Crippen LogP contribution in [0.1, 0.15) is 38.1 Å². The molecule has 0 fully saturated rings. The van der Waals surface area contributed by atoms with Crippen LogP contribution in [0.25, 0.3) is 11.3 Å². The van der Waals surface area contributed by atoms with Gasteiger partial charge in [0.2, 0.25) is 0 Å². The van der Waals surface area contributed by atoms with Crippen LogP contribution in [-0.4, -0.2) is 16.5 Å². The summed E-state index contributed by atoms with van der Waals surface area (Å²) >= 11 is 0. The lowest BCUT2D eigenvalue weighted by Gasteiger charge is -2.11. The predicted molar refractivity (Wildman–Crippen MR) is 84.9 cm³/mol. The SMILES string of the molecule is CCCNc1cc(-c2cc(F)ccc2C)nc(CCC)n1. The van der Waals surface area contributed by atoms with E-state index in [-0.39, 0.29) is 5.82 Å². The zero-order chi connectivity index (χ0) is 15.2. The van der Waals surface area contributed by atoms with E-state index < -0.39 is 0 Å². The molecule has 0 unspecified atom stereocenters. The highest BCUT2D eigenvalue weighted by molar-refractivity contribution is 5.66. The van der Waals surface area contributed by atoms with Gasteiger partial charge in [0, 0.05) is 24.6 Å². The highest BCUT2D eigenvalue weighted by Gasteiger charge is 2.09. The van der Waals surface area contributed by atoms with Crippen LogP contribution in [0.5, 0.6) is 0 Å². The number of nitrogens with one attached hydrogen (secondary N) is 1. The number of nitrogens with zero attached hydrogens (tertiary/aromatic N) is 2. The van der Waals surface area contributed by atoms with Gasteiger partial charge in [0.1, 0.15) is 17.5 Å². The molecule has 0 aliphatic heterocycles. The second-order valence-corrected chi connectivity index (χ2v) is 5.19. The van der Waals surface area contributed by atoms with Crippen molar-refractivity contribution in [1.29, 1.82) is 0 Å². The van der Waals surface area contributed by atoms with Crippen LogP contribution in [0.15, 0.2) is 24.3 Å². The van der Waals surface area contributed by atoms with Crippen LogP contribution in [0.4, 0.5) is 10.2 Å². The van der Waals surface area contributed by atoms with Crippen LogP contribution < -0.4 is 5.32 Å². The normalized spacial score (nSPS) is 10.7. The maximum absolute atomic E-state index is 13.5. The van der Waals surface area contributed by atoms with Crippen molar-refractivity contribution >= 4 is 5.82 Å². The van der Waals surface area contributed by atoms with Crippen LogP contribution in [-0.2, 0) is 6.42 Å². The second kappa shape index (κ2) is 7.16. The van der Waals surface area contributed by atoms with Crippen molar-refractivity contribution in [2.45, 2.75) is 40.0 Å². The molecule has 2 rings (SSSR count). The fraction of sp³-hybridized carbons (Fsp3) is 0.412. The molecule has 1 N–H and O–H groups in total. The van der Waals surface area contributed by atoms with Gasteiger partial charge in [-0.3, -0.25) is 0 Å². The Balaban J connectivity index is 2.45. The smallest absolute Gasteiger partial charge is 0.131 e. The number of rotatable bonds is 6. The Morgan fingerprint density at radius 1 is 1.10 bits per heavy atom. The number of aromatic nitrogens is 2. The highest BCUT2D eigenvalue weighted by Crippen LogP contribution is 2.24. The fourth-order valence-corrected chi connectivity index (χ4v) is 2.18. The Bertz CT molecular complexity index is 611. The molecule has 1 aromatic carbocycles. The Morgan fingerprint density at radius 2 is 1.90 bits per heavy atom. The first-order valence-electron chi connectivity index (χ1n) is 7.52. The lowest BCUT2D eigenvalue weighted by Crippen LogP contribution is -2.06. The zero-order valence-corrected chi connectivity index (χ0v) is 12.9. The quantitative estimate of drug-likeness (QED) is 0.857. The number of hydrogen-bond acceptors (Lipinski definition) is 3. The summed E-state index contributed by atoms with van der Waals surface area (Å²) in [7, 11) is 0. The first-order chi connectivity index (χ1) is 10.1. The van der Waals surface area contributed by atoms with E-state index in [1.54, 1.807) is 6.07 Å². The summed E-state index contributed by atoms with van der Waals surface area (Å²) in [4.78, 5) is 9.11. The van der Waals surface area contributed by atoms with Gasteiger partial charge in [-0.05, 0) is 37.5 Å². The van der Waals surface area contributed by atoms with E-state index in [1.165, 1.54) is 12.1 Å². The summed E-state index contributed by atoms with van der Waals surface area (Å²) in [6, 6.07) is 6.70. The van der Waals surface area contributed by atoms with Crippen LogP contribution >= 0.6 is 0 Å². The van der Waals surface area contributed by atoms with Gasteiger partial charge in [0.05, 0.1) is 5.69 Å². The van der Waals surface area contributed by atoms with Gasteiger partial charge in [0.15, 0.2) is 0 Å². The van der Waals surface area contributed by atoms with Crippen molar-refractivity contribution < 1.29 is 4.39 Å². The predicted octanol–water partition coefficient (Wildman–Crippen LogP) is 4.37. The van der Waals surface area contributed by atoms with Gasteiger partial charge in [-0.2, -0.15) is 0 Å². The molecule has 2 aromatic rings. The van der Waals surface area contributed by atoms with E-state index in [9.17, 15) is 4.39 Å². The molecule has 0 amide bonds. The number of aryl methyl sites for hydroxylation is 2. The fourth-order valence-electron chi connectivity index (χ4n) is 2.18. The average Bonchev–Trinajstić information content (AvgIpc) is 2.48. The summed E-state index contributed by atoms with van der Waals surface area (Å²) in [6.07, 6.45) is 2.84. The van der Waals surface area contributed by atoms with E-state index in [4.69, 9.17) is 0 Å². The monoisotopic (exact) mass is 287 g/mol. The molecule has 0 radical (unpaired) electrons. The molecular weight excluding hydrogens is 265 g/mol. The largest absolute Gasteiger partial charge is 0.370 e. The highest BCUT2D eigenvalue weighted by atomic mass is 19.1. The topological polar surface area (TPSA) is 37.8 Å². The summed E-state index contributed by atoms with van der Waals surface area (Å²) in [5, 5.41) is 3.29. The summed E-state index contributed by atoms with van der Waals surface area (Å²) in [5.41, 5.74) is 2.62. The Kier molecular flexibility index (Phi) is 5.26. The molecule has 4 heteroatoms. The minimum atomic E-state index is -0.241. The third-order valence-electron chi connectivity index (χ3n) is 3.28. The zero-order valence-electron chi connectivity index (χ0n) is 12.9. The van der Waals surface area contributed by atoms with Gasteiger partial charge in [-0.25, -0.2) is 14.4 Å². The second-order valence-electron chi connectivity index (χ2n) is 5.19. The molecule has 0 bridgehead atoms. The van der Waals surface area contributed by atoms with Crippen molar-refractivity contribution in [3.63, 3.8) is 0 Å².